The van der Waals surface area contributed by atoms with E-state index >= 15 is 0 Å². The number of carbonyl (C=O) groups excluding carboxylic acids is 1. The molecule has 4 nitrogen and oxygen atoms in total. The third kappa shape index (κ3) is 1.60. The predicted molar refractivity (Wildman–Crippen MR) is 75.8 cm³/mol. The lowest BCUT2D eigenvalue weighted by Gasteiger charge is -2.19. The zero-order valence-electron chi connectivity index (χ0n) is 10.7. The minimum absolute atomic E-state index is 0.0109. The first-order valence-corrected chi connectivity index (χ1v) is 8.51. The summed E-state index contributed by atoms with van der Waals surface area (Å²) < 4.78 is 39.5. The molecule has 1 amide bonds. The van der Waals surface area contributed by atoms with Crippen LogP contribution in [0.15, 0.2) is 30.4 Å². The molecule has 2 aliphatic carbocycles. The second kappa shape index (κ2) is 4.08. The lowest BCUT2D eigenvalue weighted by Crippen LogP contribution is -2.33. The van der Waals surface area contributed by atoms with Gasteiger partial charge in [0.05, 0.1) is 21.9 Å². The van der Waals surface area contributed by atoms with Crippen molar-refractivity contribution in [3.8, 4) is 0 Å². The van der Waals surface area contributed by atoms with Gasteiger partial charge in [-0.05, 0) is 36.5 Å². The number of carbonyl (C=O) groups is 1. The highest BCUT2D eigenvalue weighted by atomic mass is 35.5. The molecule has 0 radical (unpaired) electrons. The Morgan fingerprint density at radius 2 is 1.95 bits per heavy atom. The van der Waals surface area contributed by atoms with Crippen LogP contribution in [0.3, 0.4) is 0 Å². The van der Waals surface area contributed by atoms with Gasteiger partial charge in [0, 0.05) is 0 Å². The molecule has 2 fully saturated rings. The maximum atomic E-state index is 13.2. The molecule has 1 aromatic rings. The number of hydrogen-bond donors (Lipinski definition) is 0. The lowest BCUT2D eigenvalue weighted by atomic mass is 9.92. The first kappa shape index (κ1) is 13.3. The van der Waals surface area contributed by atoms with Gasteiger partial charge in [0.15, 0.2) is 0 Å². The van der Waals surface area contributed by atoms with Crippen molar-refractivity contribution >= 4 is 33.2 Å². The topological polar surface area (TPSA) is 54.5 Å². The Balaban J connectivity index is 1.84. The molecule has 1 saturated heterocycles. The molecule has 0 aromatic heterocycles. The molecule has 0 N–H and O–H groups in total. The highest BCUT2D eigenvalue weighted by Gasteiger charge is 2.63. The smallest absolute Gasteiger partial charge is 0.246 e. The van der Waals surface area contributed by atoms with E-state index < -0.39 is 32.9 Å². The zero-order valence-corrected chi connectivity index (χ0v) is 12.3. The first-order chi connectivity index (χ1) is 9.91. The summed E-state index contributed by atoms with van der Waals surface area (Å²) in [5, 5.41) is -0.891. The van der Waals surface area contributed by atoms with Gasteiger partial charge in [-0.1, -0.05) is 23.8 Å². The van der Waals surface area contributed by atoms with Crippen LogP contribution in [-0.2, 0) is 14.8 Å². The molecule has 7 heteroatoms. The van der Waals surface area contributed by atoms with E-state index in [-0.39, 0.29) is 22.5 Å². The fourth-order valence-electron chi connectivity index (χ4n) is 3.77. The monoisotopic (exact) mass is 327 g/mol. The minimum Gasteiger partial charge on any atom is -0.273 e. The molecule has 110 valence electrons. The number of rotatable bonds is 1. The van der Waals surface area contributed by atoms with Crippen molar-refractivity contribution in [2.75, 3.05) is 4.31 Å². The number of benzene rings is 1. The van der Waals surface area contributed by atoms with E-state index in [0.717, 1.165) is 16.8 Å². The molecule has 3 aliphatic rings. The molecular weight excluding hydrogens is 317 g/mol. The van der Waals surface area contributed by atoms with E-state index in [9.17, 15) is 17.6 Å². The van der Waals surface area contributed by atoms with Crippen LogP contribution >= 0.6 is 11.6 Å². The van der Waals surface area contributed by atoms with E-state index in [0.29, 0.717) is 0 Å². The van der Waals surface area contributed by atoms with Crippen molar-refractivity contribution in [2.45, 2.75) is 11.7 Å². The third-order valence-corrected chi connectivity index (χ3v) is 7.13. The molecule has 1 unspecified atom stereocenters. The second-order valence-electron chi connectivity index (χ2n) is 5.68. The fourth-order valence-corrected chi connectivity index (χ4v) is 6.31. The standard InChI is InChI=1S/C14H11ClFNO3S/c15-10-6-9(3-4-11(10)16)17-14(18)12-7-1-2-8(5-7)13(12)21(17,19)20/h1-4,6-8,12-13H,5H2/t7?,8-,12-,13+/m0/s1. The van der Waals surface area contributed by atoms with E-state index in [1.165, 1.54) is 12.1 Å². The fraction of sp³-hybridized carbons (Fsp3) is 0.357. The van der Waals surface area contributed by atoms with Gasteiger partial charge in [0.25, 0.3) is 0 Å². The molecule has 1 aromatic carbocycles. The SMILES string of the molecule is O=C1[C@H]2C3C=C[C@@H](C3)[C@H]2S(=O)(=O)N1c1ccc(F)c(Cl)c1. The highest BCUT2D eigenvalue weighted by Crippen LogP contribution is 2.53. The lowest BCUT2D eigenvalue weighted by molar-refractivity contribution is -0.120. The molecule has 21 heavy (non-hydrogen) atoms. The van der Waals surface area contributed by atoms with Gasteiger partial charge in [-0.25, -0.2) is 17.1 Å². The van der Waals surface area contributed by atoms with Crippen molar-refractivity contribution < 1.29 is 17.6 Å². The predicted octanol–water partition coefficient (Wildman–Crippen LogP) is 2.35. The van der Waals surface area contributed by atoms with Crippen molar-refractivity contribution in [2.24, 2.45) is 17.8 Å². The third-order valence-electron chi connectivity index (χ3n) is 4.61. The quantitative estimate of drug-likeness (QED) is 0.744. The van der Waals surface area contributed by atoms with Gasteiger partial charge >= 0.3 is 0 Å². The van der Waals surface area contributed by atoms with E-state index in [1.54, 1.807) is 0 Å². The Morgan fingerprint density at radius 1 is 1.24 bits per heavy atom. The summed E-state index contributed by atoms with van der Waals surface area (Å²) in [7, 11) is -3.78. The molecule has 4 rings (SSSR count). The first-order valence-electron chi connectivity index (χ1n) is 6.62. The average Bonchev–Trinajstić information content (AvgIpc) is 3.07. The zero-order chi connectivity index (χ0) is 14.9. The summed E-state index contributed by atoms with van der Waals surface area (Å²) in [4.78, 5) is 12.6. The molecule has 2 bridgehead atoms. The number of fused-ring (bicyclic) bond motifs is 5. The van der Waals surface area contributed by atoms with Crippen LogP contribution in [-0.4, -0.2) is 19.6 Å². The minimum atomic E-state index is -3.78. The van der Waals surface area contributed by atoms with Gasteiger partial charge < -0.3 is 0 Å². The van der Waals surface area contributed by atoms with Crippen LogP contribution in [0, 0.1) is 23.6 Å². The van der Waals surface area contributed by atoms with Crippen molar-refractivity contribution in [1.82, 2.24) is 0 Å². The van der Waals surface area contributed by atoms with Gasteiger partial charge in [0.1, 0.15) is 5.82 Å². The Labute approximate surface area is 126 Å². The Bertz CT molecular complexity index is 791. The van der Waals surface area contributed by atoms with E-state index in [2.05, 4.69) is 0 Å². The summed E-state index contributed by atoms with van der Waals surface area (Å²) in [5.74, 6) is -1.71. The van der Waals surface area contributed by atoms with Crippen molar-refractivity contribution in [1.29, 1.82) is 0 Å². The number of halogens is 2. The molecule has 1 heterocycles. The Hall–Kier alpha value is -1.40. The number of sulfonamides is 1. The molecule has 0 spiro atoms. The summed E-state index contributed by atoms with van der Waals surface area (Å²) in [6, 6.07) is 3.52. The summed E-state index contributed by atoms with van der Waals surface area (Å²) in [5.41, 5.74) is 0.111. The molecular formula is C14H11ClFNO3S. The van der Waals surface area contributed by atoms with Crippen molar-refractivity contribution in [3.63, 3.8) is 0 Å². The largest absolute Gasteiger partial charge is 0.273 e. The Morgan fingerprint density at radius 3 is 2.62 bits per heavy atom. The normalized spacial score (nSPS) is 35.5. The Kier molecular flexibility index (Phi) is 2.58. The van der Waals surface area contributed by atoms with Gasteiger partial charge in [-0.15, -0.1) is 0 Å². The van der Waals surface area contributed by atoms with Crippen LogP contribution in [0.4, 0.5) is 10.1 Å². The summed E-state index contributed by atoms with van der Waals surface area (Å²) >= 11 is 5.70. The summed E-state index contributed by atoms with van der Waals surface area (Å²) in [6.45, 7) is 0. The van der Waals surface area contributed by atoms with E-state index in [1.807, 2.05) is 12.2 Å². The van der Waals surface area contributed by atoms with Crippen LogP contribution in [0.25, 0.3) is 0 Å². The number of anilines is 1. The number of amides is 1. The maximum Gasteiger partial charge on any atom is 0.246 e. The van der Waals surface area contributed by atoms with Crippen LogP contribution in [0.2, 0.25) is 5.02 Å². The van der Waals surface area contributed by atoms with Gasteiger partial charge in [0.2, 0.25) is 15.9 Å². The number of allylic oxidation sites excluding steroid dienone is 2. The van der Waals surface area contributed by atoms with Crippen LogP contribution in [0.1, 0.15) is 6.42 Å². The molecule has 1 saturated carbocycles. The van der Waals surface area contributed by atoms with Gasteiger partial charge in [-0.3, -0.25) is 4.79 Å². The number of hydrogen-bond acceptors (Lipinski definition) is 3. The second-order valence-corrected chi connectivity index (χ2v) is 8.03. The summed E-state index contributed by atoms with van der Waals surface area (Å²) in [6.07, 6.45) is 4.54. The molecule has 1 aliphatic heterocycles. The maximum absolute atomic E-state index is 13.2. The van der Waals surface area contributed by atoms with Crippen molar-refractivity contribution in [3.05, 3.63) is 41.2 Å². The number of nitrogens with zero attached hydrogens (tertiary/aromatic N) is 1. The molecule has 4 atom stereocenters. The van der Waals surface area contributed by atoms with E-state index in [4.69, 9.17) is 11.6 Å². The van der Waals surface area contributed by atoms with Gasteiger partial charge in [-0.2, -0.15) is 0 Å². The van der Waals surface area contributed by atoms with Crippen LogP contribution < -0.4 is 4.31 Å². The van der Waals surface area contributed by atoms with Crippen LogP contribution in [0.5, 0.6) is 0 Å². The highest BCUT2D eigenvalue weighted by molar-refractivity contribution is 7.94. The average molecular weight is 328 g/mol.